The van der Waals surface area contributed by atoms with Crippen molar-refractivity contribution in [1.82, 2.24) is 0 Å². The number of hydrogen-bond donors (Lipinski definition) is 1. The van der Waals surface area contributed by atoms with Crippen LogP contribution in [0, 0.1) is 11.8 Å². The minimum atomic E-state index is -4.35. The van der Waals surface area contributed by atoms with Crippen LogP contribution in [-0.4, -0.2) is 11.7 Å². The predicted molar refractivity (Wildman–Crippen MR) is 57.7 cm³/mol. The van der Waals surface area contributed by atoms with Crippen LogP contribution in [0.4, 0.5) is 13.2 Å². The number of rotatable bonds is 1. The summed E-state index contributed by atoms with van der Waals surface area (Å²) in [7, 11) is 0. The van der Waals surface area contributed by atoms with Gasteiger partial charge in [0, 0.05) is 16.5 Å². The molecule has 0 unspecified atom stereocenters. The van der Waals surface area contributed by atoms with Crippen molar-refractivity contribution >= 4 is 15.9 Å². The van der Waals surface area contributed by atoms with Crippen molar-refractivity contribution in [2.45, 2.75) is 12.6 Å². The molecule has 86 valence electrons. The molecule has 1 rings (SSSR count). The zero-order chi connectivity index (χ0) is 12.2. The van der Waals surface area contributed by atoms with Gasteiger partial charge in [-0.05, 0) is 34.1 Å². The Labute approximate surface area is 99.4 Å². The van der Waals surface area contributed by atoms with Gasteiger partial charge in [0.15, 0.2) is 0 Å². The largest absolute Gasteiger partial charge is 0.416 e. The summed E-state index contributed by atoms with van der Waals surface area (Å²) in [6, 6.07) is 3.27. The molecular formula is C11H8BrF3O. The van der Waals surface area contributed by atoms with E-state index in [4.69, 9.17) is 5.11 Å². The average Bonchev–Trinajstić information content (AvgIpc) is 2.19. The second-order valence-electron chi connectivity index (χ2n) is 2.97. The topological polar surface area (TPSA) is 20.2 Å². The first-order valence-corrected chi connectivity index (χ1v) is 5.21. The van der Waals surface area contributed by atoms with Crippen molar-refractivity contribution in [3.8, 4) is 11.8 Å². The third-order valence-corrected chi connectivity index (χ3v) is 2.41. The maximum Gasteiger partial charge on any atom is 0.416 e. The highest BCUT2D eigenvalue weighted by Gasteiger charge is 2.30. The van der Waals surface area contributed by atoms with Crippen molar-refractivity contribution in [1.29, 1.82) is 0 Å². The van der Waals surface area contributed by atoms with Gasteiger partial charge in [0.1, 0.15) is 0 Å². The number of alkyl halides is 3. The van der Waals surface area contributed by atoms with Crippen LogP contribution < -0.4 is 0 Å². The summed E-state index contributed by atoms with van der Waals surface area (Å²) < 4.78 is 37.2. The van der Waals surface area contributed by atoms with Crippen LogP contribution in [0.2, 0.25) is 0 Å². The van der Waals surface area contributed by atoms with E-state index in [1.165, 1.54) is 6.07 Å². The molecule has 1 aromatic rings. The van der Waals surface area contributed by atoms with Crippen LogP contribution in [0.1, 0.15) is 17.5 Å². The summed E-state index contributed by atoms with van der Waals surface area (Å²) in [5.74, 6) is 5.31. The van der Waals surface area contributed by atoms with Crippen molar-refractivity contribution in [3.63, 3.8) is 0 Å². The second kappa shape index (κ2) is 5.37. The molecule has 0 aromatic heterocycles. The molecule has 0 amide bonds. The van der Waals surface area contributed by atoms with Gasteiger partial charge in [0.05, 0.1) is 12.2 Å². The van der Waals surface area contributed by atoms with Gasteiger partial charge in [-0.25, -0.2) is 0 Å². The third-order valence-electron chi connectivity index (χ3n) is 1.76. The fourth-order valence-electron chi connectivity index (χ4n) is 1.01. The van der Waals surface area contributed by atoms with Crippen LogP contribution in [-0.2, 0) is 6.18 Å². The molecule has 0 saturated heterocycles. The number of halogens is 4. The fraction of sp³-hybridized carbons (Fsp3) is 0.273. The Morgan fingerprint density at radius 3 is 2.50 bits per heavy atom. The van der Waals surface area contributed by atoms with Crippen LogP contribution >= 0.6 is 15.9 Å². The van der Waals surface area contributed by atoms with E-state index in [-0.39, 0.29) is 6.61 Å². The van der Waals surface area contributed by atoms with Gasteiger partial charge in [-0.15, -0.1) is 0 Å². The first-order valence-electron chi connectivity index (χ1n) is 4.41. The van der Waals surface area contributed by atoms with Gasteiger partial charge < -0.3 is 5.11 Å². The van der Waals surface area contributed by atoms with Gasteiger partial charge in [0.2, 0.25) is 0 Å². The number of aliphatic hydroxyl groups is 1. The van der Waals surface area contributed by atoms with Crippen molar-refractivity contribution < 1.29 is 18.3 Å². The molecule has 16 heavy (non-hydrogen) atoms. The van der Waals surface area contributed by atoms with Gasteiger partial charge in [-0.1, -0.05) is 11.8 Å². The molecule has 1 nitrogen and oxygen atoms in total. The van der Waals surface area contributed by atoms with E-state index in [1.807, 2.05) is 0 Å². The van der Waals surface area contributed by atoms with E-state index in [9.17, 15) is 13.2 Å². The molecule has 0 aliphatic carbocycles. The molecule has 0 aliphatic rings. The van der Waals surface area contributed by atoms with E-state index in [0.717, 1.165) is 12.1 Å². The maximum absolute atomic E-state index is 12.3. The Balaban J connectivity index is 2.98. The van der Waals surface area contributed by atoms with Crippen molar-refractivity contribution in [2.24, 2.45) is 0 Å². The monoisotopic (exact) mass is 292 g/mol. The lowest BCUT2D eigenvalue weighted by Gasteiger charge is -2.07. The van der Waals surface area contributed by atoms with Gasteiger partial charge in [-0.2, -0.15) is 13.2 Å². The summed E-state index contributed by atoms with van der Waals surface area (Å²) in [5.41, 5.74) is -0.242. The summed E-state index contributed by atoms with van der Waals surface area (Å²) in [6.45, 7) is -0.0642. The Morgan fingerprint density at radius 1 is 1.31 bits per heavy atom. The van der Waals surface area contributed by atoms with Crippen LogP contribution in [0.3, 0.4) is 0 Å². The zero-order valence-corrected chi connectivity index (χ0v) is 9.69. The zero-order valence-electron chi connectivity index (χ0n) is 8.11. The Bertz CT molecular complexity index is 429. The van der Waals surface area contributed by atoms with E-state index in [0.29, 0.717) is 16.5 Å². The minimum absolute atomic E-state index is 0.0642. The number of hydrogen-bond acceptors (Lipinski definition) is 1. The van der Waals surface area contributed by atoms with E-state index >= 15 is 0 Å². The summed E-state index contributed by atoms with van der Waals surface area (Å²) in [6.07, 6.45) is -4.05. The molecule has 0 aliphatic heterocycles. The molecule has 0 fully saturated rings. The molecule has 0 heterocycles. The maximum atomic E-state index is 12.3. The summed E-state index contributed by atoms with van der Waals surface area (Å²) >= 11 is 3.03. The lowest BCUT2D eigenvalue weighted by molar-refractivity contribution is -0.137. The second-order valence-corrected chi connectivity index (χ2v) is 3.82. The first-order chi connectivity index (χ1) is 7.45. The normalized spacial score (nSPS) is 10.8. The molecule has 1 N–H and O–H groups in total. The quantitative estimate of drug-likeness (QED) is 0.788. The standard InChI is InChI=1S/C11H8BrF3O/c12-10-7-9(11(13,14)15)5-4-8(10)3-1-2-6-16/h4-5,7,16H,2,6H2. The smallest absolute Gasteiger partial charge is 0.395 e. The van der Waals surface area contributed by atoms with Gasteiger partial charge in [-0.3, -0.25) is 0 Å². The highest BCUT2D eigenvalue weighted by atomic mass is 79.9. The van der Waals surface area contributed by atoms with Crippen LogP contribution in [0.15, 0.2) is 22.7 Å². The van der Waals surface area contributed by atoms with E-state index in [2.05, 4.69) is 27.8 Å². The van der Waals surface area contributed by atoms with Gasteiger partial charge >= 0.3 is 6.18 Å². The van der Waals surface area contributed by atoms with E-state index in [1.54, 1.807) is 0 Å². The van der Waals surface area contributed by atoms with Crippen molar-refractivity contribution in [2.75, 3.05) is 6.61 Å². The molecular weight excluding hydrogens is 285 g/mol. The minimum Gasteiger partial charge on any atom is -0.395 e. The lowest BCUT2D eigenvalue weighted by atomic mass is 10.1. The van der Waals surface area contributed by atoms with Crippen molar-refractivity contribution in [3.05, 3.63) is 33.8 Å². The highest BCUT2D eigenvalue weighted by molar-refractivity contribution is 9.10. The van der Waals surface area contributed by atoms with Crippen LogP contribution in [0.5, 0.6) is 0 Å². The van der Waals surface area contributed by atoms with Gasteiger partial charge in [0.25, 0.3) is 0 Å². The number of benzene rings is 1. The fourth-order valence-corrected chi connectivity index (χ4v) is 1.48. The molecule has 1 aromatic carbocycles. The molecule has 0 spiro atoms. The average molecular weight is 293 g/mol. The Kier molecular flexibility index (Phi) is 4.39. The SMILES string of the molecule is OCCC#Cc1ccc(C(F)(F)F)cc1Br. The molecule has 0 saturated carbocycles. The summed E-state index contributed by atoms with van der Waals surface area (Å²) in [5, 5.41) is 8.50. The van der Waals surface area contributed by atoms with Crippen LogP contribution in [0.25, 0.3) is 0 Å². The van der Waals surface area contributed by atoms with E-state index < -0.39 is 11.7 Å². The first kappa shape index (κ1) is 13.1. The summed E-state index contributed by atoms with van der Waals surface area (Å²) in [4.78, 5) is 0. The lowest BCUT2D eigenvalue weighted by Crippen LogP contribution is -2.04. The Morgan fingerprint density at radius 2 is 2.00 bits per heavy atom. The molecule has 5 heteroatoms. The highest BCUT2D eigenvalue weighted by Crippen LogP contribution is 2.31. The molecule has 0 bridgehead atoms. The predicted octanol–water partition coefficient (Wildman–Crippen LogP) is 3.20. The third kappa shape index (κ3) is 3.54. The molecule has 0 atom stereocenters. The molecule has 0 radical (unpaired) electrons. The number of aliphatic hydroxyl groups excluding tert-OH is 1. The Hall–Kier alpha value is -0.990.